The highest BCUT2D eigenvalue weighted by Crippen LogP contribution is 2.42. The van der Waals surface area contributed by atoms with Crippen LogP contribution in [0.25, 0.3) is 0 Å². The van der Waals surface area contributed by atoms with Gasteiger partial charge in [0.2, 0.25) is 5.91 Å². The fourth-order valence-corrected chi connectivity index (χ4v) is 3.19. The maximum atomic E-state index is 10.7. The number of hydrogen-bond acceptors (Lipinski definition) is 2. The molecule has 0 radical (unpaired) electrons. The zero-order valence-electron chi connectivity index (χ0n) is 11.2. The molecule has 94 valence electrons. The Hall–Kier alpha value is -0.353. The zero-order valence-corrected chi connectivity index (χ0v) is 12.2. The van der Waals surface area contributed by atoms with E-state index in [0.29, 0.717) is 18.4 Å². The minimum atomic E-state index is -1.62. The van der Waals surface area contributed by atoms with Crippen molar-refractivity contribution >= 4 is 14.2 Å². The molecule has 0 atom stereocenters. The molecule has 0 aromatic heterocycles. The molecule has 0 spiro atoms. The second-order valence-corrected chi connectivity index (χ2v) is 11.3. The first-order chi connectivity index (χ1) is 7.12. The first kappa shape index (κ1) is 13.7. The van der Waals surface area contributed by atoms with Crippen molar-refractivity contribution in [3.05, 3.63) is 0 Å². The SMILES string of the molecule is CC(C)(C)[Si](C)(C)OC1CC(CC(N)=O)C1. The van der Waals surface area contributed by atoms with Crippen LogP contribution in [0.5, 0.6) is 0 Å². The van der Waals surface area contributed by atoms with Crippen LogP contribution in [0.1, 0.15) is 40.0 Å². The maximum absolute atomic E-state index is 10.7. The molecule has 16 heavy (non-hydrogen) atoms. The van der Waals surface area contributed by atoms with Gasteiger partial charge in [0, 0.05) is 12.5 Å². The summed E-state index contributed by atoms with van der Waals surface area (Å²) in [5.74, 6) is 0.281. The minimum Gasteiger partial charge on any atom is -0.414 e. The Bertz CT molecular complexity index is 265. The highest BCUT2D eigenvalue weighted by Gasteiger charge is 2.42. The fourth-order valence-electron chi connectivity index (χ4n) is 1.82. The van der Waals surface area contributed by atoms with Crippen molar-refractivity contribution in [1.29, 1.82) is 0 Å². The van der Waals surface area contributed by atoms with Crippen molar-refractivity contribution in [2.24, 2.45) is 11.7 Å². The molecule has 1 aliphatic rings. The molecule has 0 unspecified atom stereocenters. The average molecular weight is 243 g/mol. The van der Waals surface area contributed by atoms with E-state index in [4.69, 9.17) is 10.2 Å². The summed E-state index contributed by atoms with van der Waals surface area (Å²) < 4.78 is 6.24. The third-order valence-electron chi connectivity index (χ3n) is 3.95. The van der Waals surface area contributed by atoms with Crippen molar-refractivity contribution in [3.8, 4) is 0 Å². The molecule has 0 aromatic rings. The molecule has 0 saturated heterocycles. The fraction of sp³-hybridized carbons (Fsp3) is 0.917. The van der Waals surface area contributed by atoms with Gasteiger partial charge in [0.1, 0.15) is 0 Å². The summed E-state index contributed by atoms with van der Waals surface area (Å²) in [6.45, 7) is 11.3. The third kappa shape index (κ3) is 3.32. The van der Waals surface area contributed by atoms with Crippen LogP contribution < -0.4 is 5.73 Å². The van der Waals surface area contributed by atoms with E-state index < -0.39 is 8.32 Å². The number of amides is 1. The Morgan fingerprint density at radius 1 is 1.38 bits per heavy atom. The van der Waals surface area contributed by atoms with Crippen LogP contribution in [0.3, 0.4) is 0 Å². The van der Waals surface area contributed by atoms with Crippen molar-refractivity contribution in [2.75, 3.05) is 0 Å². The number of primary amides is 1. The van der Waals surface area contributed by atoms with E-state index in [0.717, 1.165) is 12.8 Å². The summed E-state index contributed by atoms with van der Waals surface area (Å²) >= 11 is 0. The predicted octanol–water partition coefficient (Wildman–Crippen LogP) is 2.66. The van der Waals surface area contributed by atoms with Gasteiger partial charge in [0.25, 0.3) is 0 Å². The van der Waals surface area contributed by atoms with E-state index >= 15 is 0 Å². The number of rotatable bonds is 4. The van der Waals surface area contributed by atoms with Gasteiger partial charge in [0.15, 0.2) is 8.32 Å². The van der Waals surface area contributed by atoms with Gasteiger partial charge >= 0.3 is 0 Å². The Kier molecular flexibility index (Phi) is 3.85. The van der Waals surface area contributed by atoms with Crippen LogP contribution in [-0.4, -0.2) is 20.3 Å². The summed E-state index contributed by atoms with van der Waals surface area (Å²) in [7, 11) is -1.62. The lowest BCUT2D eigenvalue weighted by Crippen LogP contribution is -2.47. The quantitative estimate of drug-likeness (QED) is 0.772. The molecule has 0 aliphatic heterocycles. The second kappa shape index (κ2) is 4.49. The average Bonchev–Trinajstić information content (AvgIpc) is 1.96. The lowest BCUT2D eigenvalue weighted by atomic mass is 9.80. The number of carbonyl (C=O) groups excluding carboxylic acids is 1. The number of nitrogens with two attached hydrogens (primary N) is 1. The summed E-state index contributed by atoms with van der Waals surface area (Å²) in [6.07, 6.45) is 2.91. The van der Waals surface area contributed by atoms with Crippen molar-refractivity contribution < 1.29 is 9.22 Å². The lowest BCUT2D eigenvalue weighted by molar-refractivity contribution is -0.120. The molecule has 2 N–H and O–H groups in total. The molecular formula is C12H25NO2Si. The smallest absolute Gasteiger partial charge is 0.217 e. The lowest BCUT2D eigenvalue weighted by Gasteiger charge is -2.44. The van der Waals surface area contributed by atoms with Crippen molar-refractivity contribution in [3.63, 3.8) is 0 Å². The Morgan fingerprint density at radius 3 is 2.25 bits per heavy atom. The van der Waals surface area contributed by atoms with E-state index in [9.17, 15) is 4.79 Å². The van der Waals surface area contributed by atoms with E-state index in [2.05, 4.69) is 33.9 Å². The molecule has 1 fully saturated rings. The van der Waals surface area contributed by atoms with Crippen LogP contribution in [0.4, 0.5) is 0 Å². The van der Waals surface area contributed by atoms with Crippen LogP contribution >= 0.6 is 0 Å². The Balaban J connectivity index is 2.35. The van der Waals surface area contributed by atoms with Gasteiger partial charge in [-0.3, -0.25) is 4.79 Å². The molecule has 3 nitrogen and oxygen atoms in total. The molecule has 0 heterocycles. The topological polar surface area (TPSA) is 52.3 Å². The van der Waals surface area contributed by atoms with Gasteiger partial charge in [-0.2, -0.15) is 0 Å². The first-order valence-corrected chi connectivity index (χ1v) is 8.99. The van der Waals surface area contributed by atoms with Gasteiger partial charge in [-0.1, -0.05) is 20.8 Å². The standard InChI is InChI=1S/C12H25NO2Si/c1-12(2,3)16(4,5)15-10-6-9(7-10)8-11(13)14/h9-10H,6-8H2,1-5H3,(H2,13,14). The van der Waals surface area contributed by atoms with Gasteiger partial charge in [-0.05, 0) is 36.9 Å². The first-order valence-electron chi connectivity index (χ1n) is 6.08. The number of hydrogen-bond donors (Lipinski definition) is 1. The molecule has 1 aliphatic carbocycles. The molecule has 1 amide bonds. The van der Waals surface area contributed by atoms with E-state index in [-0.39, 0.29) is 10.9 Å². The molecule has 0 bridgehead atoms. The van der Waals surface area contributed by atoms with Crippen molar-refractivity contribution in [2.45, 2.75) is 64.3 Å². The van der Waals surface area contributed by atoms with Crippen LogP contribution in [0, 0.1) is 5.92 Å². The minimum absolute atomic E-state index is 0.184. The van der Waals surface area contributed by atoms with E-state index in [1.165, 1.54) is 0 Å². The molecular weight excluding hydrogens is 218 g/mol. The van der Waals surface area contributed by atoms with Gasteiger partial charge in [-0.15, -0.1) is 0 Å². The maximum Gasteiger partial charge on any atom is 0.217 e. The molecule has 1 rings (SSSR count). The zero-order chi connectivity index (χ0) is 12.6. The molecule has 1 saturated carbocycles. The summed E-state index contributed by atoms with van der Waals surface area (Å²) in [5.41, 5.74) is 5.17. The van der Waals surface area contributed by atoms with Crippen LogP contribution in [0.2, 0.25) is 18.1 Å². The monoisotopic (exact) mass is 243 g/mol. The largest absolute Gasteiger partial charge is 0.414 e. The Morgan fingerprint density at radius 2 is 1.88 bits per heavy atom. The molecule has 0 aromatic carbocycles. The Labute approximate surface area is 99.9 Å². The summed E-state index contributed by atoms with van der Waals surface area (Å²) in [4.78, 5) is 10.7. The van der Waals surface area contributed by atoms with Gasteiger partial charge in [0.05, 0.1) is 0 Å². The van der Waals surface area contributed by atoms with Crippen LogP contribution in [-0.2, 0) is 9.22 Å². The summed E-state index contributed by atoms with van der Waals surface area (Å²) in [5, 5.41) is 0.266. The van der Waals surface area contributed by atoms with Gasteiger partial charge in [-0.25, -0.2) is 0 Å². The highest BCUT2D eigenvalue weighted by atomic mass is 28.4. The van der Waals surface area contributed by atoms with E-state index in [1.807, 2.05) is 0 Å². The molecule has 4 heteroatoms. The second-order valence-electron chi connectivity index (χ2n) is 6.51. The number of carbonyl (C=O) groups is 1. The van der Waals surface area contributed by atoms with E-state index in [1.54, 1.807) is 0 Å². The van der Waals surface area contributed by atoms with Crippen molar-refractivity contribution in [1.82, 2.24) is 0 Å². The van der Waals surface area contributed by atoms with Gasteiger partial charge < -0.3 is 10.2 Å². The predicted molar refractivity (Wildman–Crippen MR) is 68.6 cm³/mol. The summed E-state index contributed by atoms with van der Waals surface area (Å²) in [6, 6.07) is 0. The highest BCUT2D eigenvalue weighted by molar-refractivity contribution is 6.74. The van der Waals surface area contributed by atoms with Crippen LogP contribution in [0.15, 0.2) is 0 Å². The normalized spacial score (nSPS) is 26.3. The third-order valence-corrected chi connectivity index (χ3v) is 8.48.